The third kappa shape index (κ3) is 3.19. The van der Waals surface area contributed by atoms with Crippen LogP contribution in [-0.4, -0.2) is 24.8 Å². The van der Waals surface area contributed by atoms with Crippen LogP contribution in [0.15, 0.2) is 50.4 Å². The Morgan fingerprint density at radius 2 is 1.74 bits per heavy atom. The molecule has 6 nitrogen and oxygen atoms in total. The summed E-state index contributed by atoms with van der Waals surface area (Å²) in [6.07, 6.45) is 1.07. The lowest BCUT2D eigenvalue weighted by atomic mass is 10.0. The van der Waals surface area contributed by atoms with E-state index in [2.05, 4.69) is 24.0 Å². The summed E-state index contributed by atoms with van der Waals surface area (Å²) in [5, 5.41) is 3.78. The second kappa shape index (κ2) is 5.66. The number of furan rings is 1. The molecule has 120 valence electrons. The molecule has 0 aliphatic rings. The van der Waals surface area contributed by atoms with Crippen molar-refractivity contribution in [1.29, 1.82) is 0 Å². The molecule has 2 heterocycles. The molecule has 0 N–H and O–H groups in total. The average molecular weight is 332 g/mol. The molecule has 0 aliphatic carbocycles. The number of rotatable bonds is 4. The SMILES string of the molecule is CC(C)c1ccc(-c2noc(-c3ccc(S(C)(=O)=O)o3)n2)cc1. The molecular weight excluding hydrogens is 316 g/mol. The second-order valence-corrected chi connectivity index (χ2v) is 7.54. The van der Waals surface area contributed by atoms with E-state index in [0.29, 0.717) is 11.7 Å². The molecule has 0 bridgehead atoms. The fraction of sp³-hybridized carbons (Fsp3) is 0.250. The Morgan fingerprint density at radius 1 is 1.04 bits per heavy atom. The number of aromatic nitrogens is 2. The summed E-state index contributed by atoms with van der Waals surface area (Å²) in [4.78, 5) is 4.25. The standard InChI is InChI=1S/C16H16N2O4S/c1-10(2)11-4-6-12(7-5-11)15-17-16(22-18-15)13-8-9-14(21-13)23(3,19)20/h4-10H,1-3H3. The first kappa shape index (κ1) is 15.5. The molecule has 0 atom stereocenters. The lowest BCUT2D eigenvalue weighted by molar-refractivity contribution is 0.400. The maximum Gasteiger partial charge on any atom is 0.293 e. The molecule has 7 heteroatoms. The molecule has 0 saturated heterocycles. The summed E-state index contributed by atoms with van der Waals surface area (Å²) < 4.78 is 33.3. The molecule has 1 aromatic carbocycles. The van der Waals surface area contributed by atoms with Crippen molar-refractivity contribution >= 4 is 9.84 Å². The Labute approximate surface area is 134 Å². The Balaban J connectivity index is 1.90. The van der Waals surface area contributed by atoms with Gasteiger partial charge in [-0.3, -0.25) is 0 Å². The topological polar surface area (TPSA) is 86.2 Å². The predicted molar refractivity (Wildman–Crippen MR) is 84.6 cm³/mol. The highest BCUT2D eigenvalue weighted by Gasteiger charge is 2.18. The fourth-order valence-electron chi connectivity index (χ4n) is 2.09. The summed E-state index contributed by atoms with van der Waals surface area (Å²) in [5.74, 6) is 1.24. The molecule has 2 aromatic heterocycles. The maximum atomic E-state index is 11.4. The van der Waals surface area contributed by atoms with Crippen LogP contribution in [-0.2, 0) is 9.84 Å². The molecule has 0 unspecified atom stereocenters. The molecule has 0 aliphatic heterocycles. The number of nitrogens with zero attached hydrogens (tertiary/aromatic N) is 2. The Bertz CT molecular complexity index is 921. The Kier molecular flexibility index (Phi) is 3.81. The van der Waals surface area contributed by atoms with Gasteiger partial charge < -0.3 is 8.94 Å². The largest absolute Gasteiger partial charge is 0.440 e. The molecule has 0 amide bonds. The quantitative estimate of drug-likeness (QED) is 0.726. The van der Waals surface area contributed by atoms with Crippen LogP contribution >= 0.6 is 0 Å². The first-order chi connectivity index (χ1) is 10.8. The molecule has 3 aromatic rings. The summed E-state index contributed by atoms with van der Waals surface area (Å²) in [6, 6.07) is 10.7. The maximum absolute atomic E-state index is 11.4. The van der Waals surface area contributed by atoms with Crippen LogP contribution in [0.4, 0.5) is 0 Å². The predicted octanol–water partition coefficient (Wildman–Crippen LogP) is 3.52. The smallest absolute Gasteiger partial charge is 0.293 e. The second-order valence-electron chi connectivity index (χ2n) is 5.59. The van der Waals surface area contributed by atoms with Crippen LogP contribution in [0, 0.1) is 0 Å². The van der Waals surface area contributed by atoms with Gasteiger partial charge in [0.1, 0.15) is 0 Å². The highest BCUT2D eigenvalue weighted by Crippen LogP contribution is 2.26. The lowest BCUT2D eigenvalue weighted by Crippen LogP contribution is -1.93. The van der Waals surface area contributed by atoms with Crippen LogP contribution in [0.5, 0.6) is 0 Å². The monoisotopic (exact) mass is 332 g/mol. The lowest BCUT2D eigenvalue weighted by Gasteiger charge is -2.04. The fourth-order valence-corrected chi connectivity index (χ4v) is 2.65. The van der Waals surface area contributed by atoms with Gasteiger partial charge in [-0.25, -0.2) is 8.42 Å². The molecular formula is C16H16N2O4S. The first-order valence-corrected chi connectivity index (χ1v) is 8.98. The average Bonchev–Trinajstić information content (AvgIpc) is 3.16. The number of benzene rings is 1. The van der Waals surface area contributed by atoms with Crippen LogP contribution in [0.25, 0.3) is 23.0 Å². The van der Waals surface area contributed by atoms with Gasteiger partial charge in [0.25, 0.3) is 5.89 Å². The van der Waals surface area contributed by atoms with E-state index in [1.807, 2.05) is 24.3 Å². The van der Waals surface area contributed by atoms with Crippen molar-refractivity contribution in [2.24, 2.45) is 0 Å². The van der Waals surface area contributed by atoms with Crippen molar-refractivity contribution in [2.75, 3.05) is 6.26 Å². The van der Waals surface area contributed by atoms with E-state index in [1.54, 1.807) is 0 Å². The summed E-state index contributed by atoms with van der Waals surface area (Å²) >= 11 is 0. The van der Waals surface area contributed by atoms with Crippen molar-refractivity contribution in [2.45, 2.75) is 24.9 Å². The Hall–Kier alpha value is -2.41. The summed E-state index contributed by atoms with van der Waals surface area (Å²) in [5.41, 5.74) is 2.04. The zero-order chi connectivity index (χ0) is 16.6. The number of hydrogen-bond donors (Lipinski definition) is 0. The van der Waals surface area contributed by atoms with E-state index in [-0.39, 0.29) is 16.7 Å². The van der Waals surface area contributed by atoms with Crippen molar-refractivity contribution in [3.8, 4) is 23.0 Å². The minimum Gasteiger partial charge on any atom is -0.440 e. The van der Waals surface area contributed by atoms with E-state index in [1.165, 1.54) is 17.7 Å². The summed E-state index contributed by atoms with van der Waals surface area (Å²) in [7, 11) is -3.40. The molecule has 0 fully saturated rings. The van der Waals surface area contributed by atoms with Crippen LogP contribution < -0.4 is 0 Å². The van der Waals surface area contributed by atoms with E-state index >= 15 is 0 Å². The van der Waals surface area contributed by atoms with Gasteiger partial charge in [0, 0.05) is 11.8 Å². The van der Waals surface area contributed by atoms with Gasteiger partial charge in [0.2, 0.25) is 20.8 Å². The highest BCUT2D eigenvalue weighted by atomic mass is 32.2. The van der Waals surface area contributed by atoms with Gasteiger partial charge in [-0.05, 0) is 23.6 Å². The first-order valence-electron chi connectivity index (χ1n) is 7.09. The third-order valence-electron chi connectivity index (χ3n) is 3.42. The van der Waals surface area contributed by atoms with E-state index < -0.39 is 9.84 Å². The third-order valence-corrected chi connectivity index (χ3v) is 4.37. The van der Waals surface area contributed by atoms with E-state index in [0.717, 1.165) is 11.8 Å². The van der Waals surface area contributed by atoms with Crippen molar-refractivity contribution in [3.63, 3.8) is 0 Å². The van der Waals surface area contributed by atoms with E-state index in [4.69, 9.17) is 8.94 Å². The summed E-state index contributed by atoms with van der Waals surface area (Å²) in [6.45, 7) is 4.25. The molecule has 23 heavy (non-hydrogen) atoms. The van der Waals surface area contributed by atoms with Crippen molar-refractivity contribution in [3.05, 3.63) is 42.0 Å². The highest BCUT2D eigenvalue weighted by molar-refractivity contribution is 7.90. The number of hydrogen-bond acceptors (Lipinski definition) is 6. The van der Waals surface area contributed by atoms with Crippen LogP contribution in [0.3, 0.4) is 0 Å². The van der Waals surface area contributed by atoms with Crippen molar-refractivity contribution in [1.82, 2.24) is 10.1 Å². The molecule has 3 rings (SSSR count). The van der Waals surface area contributed by atoms with E-state index in [9.17, 15) is 8.42 Å². The minimum atomic E-state index is -3.40. The van der Waals surface area contributed by atoms with Gasteiger partial charge in [0.05, 0.1) is 0 Å². The molecule has 0 saturated carbocycles. The van der Waals surface area contributed by atoms with Crippen LogP contribution in [0.1, 0.15) is 25.3 Å². The minimum absolute atomic E-state index is 0.131. The normalized spacial score (nSPS) is 12.0. The zero-order valence-corrected chi connectivity index (χ0v) is 13.8. The van der Waals surface area contributed by atoms with Crippen molar-refractivity contribution < 1.29 is 17.4 Å². The zero-order valence-electron chi connectivity index (χ0n) is 13.0. The van der Waals surface area contributed by atoms with Gasteiger partial charge >= 0.3 is 0 Å². The molecule has 0 spiro atoms. The van der Waals surface area contributed by atoms with Gasteiger partial charge in [0.15, 0.2) is 5.76 Å². The van der Waals surface area contributed by atoms with Gasteiger partial charge in [-0.15, -0.1) is 0 Å². The van der Waals surface area contributed by atoms with Crippen LogP contribution in [0.2, 0.25) is 0 Å². The molecule has 0 radical (unpaired) electrons. The van der Waals surface area contributed by atoms with Gasteiger partial charge in [-0.1, -0.05) is 43.3 Å². The van der Waals surface area contributed by atoms with Gasteiger partial charge in [-0.2, -0.15) is 4.98 Å². The Morgan fingerprint density at radius 3 is 2.30 bits per heavy atom. The number of sulfone groups is 1.